The fraction of sp³-hybridized carbons (Fsp3) is 0.182. The van der Waals surface area contributed by atoms with Gasteiger partial charge in [0.1, 0.15) is 5.82 Å². The van der Waals surface area contributed by atoms with Crippen LogP contribution in [0.2, 0.25) is 0 Å². The van der Waals surface area contributed by atoms with Crippen molar-refractivity contribution in [2.75, 3.05) is 23.7 Å². The van der Waals surface area contributed by atoms with Gasteiger partial charge in [-0.3, -0.25) is 9.88 Å². The van der Waals surface area contributed by atoms with Crippen molar-refractivity contribution >= 4 is 28.1 Å². The lowest BCUT2D eigenvalue weighted by Gasteiger charge is -2.19. The molecule has 6 nitrogen and oxygen atoms in total. The third-order valence-corrected chi connectivity index (χ3v) is 5.13. The van der Waals surface area contributed by atoms with Gasteiger partial charge in [-0.25, -0.2) is 4.98 Å². The Balaban J connectivity index is 1.34. The standard InChI is InChI=1S/C22H22N6/c1-2-6-20-19(5-1)16(11-25-20)14-28-9-8-24-21-10-22(26-12-17(21)15-28)27-18-4-3-7-23-13-18/h1-7,10-13,24-25H,8-9,14-15H2,(H,26,27). The molecule has 0 amide bonds. The highest BCUT2D eigenvalue weighted by Gasteiger charge is 2.16. The Morgan fingerprint density at radius 3 is 3.00 bits per heavy atom. The lowest BCUT2D eigenvalue weighted by molar-refractivity contribution is 0.272. The van der Waals surface area contributed by atoms with Crippen LogP contribution in [0.4, 0.5) is 17.2 Å². The van der Waals surface area contributed by atoms with Gasteiger partial charge in [0.05, 0.1) is 11.9 Å². The first kappa shape index (κ1) is 16.8. The Morgan fingerprint density at radius 1 is 1.11 bits per heavy atom. The summed E-state index contributed by atoms with van der Waals surface area (Å²) in [6.45, 7) is 3.69. The van der Waals surface area contributed by atoms with Gasteiger partial charge in [0.2, 0.25) is 0 Å². The van der Waals surface area contributed by atoms with Crippen LogP contribution in [-0.2, 0) is 13.1 Å². The van der Waals surface area contributed by atoms with Crippen LogP contribution in [0, 0.1) is 0 Å². The van der Waals surface area contributed by atoms with Gasteiger partial charge in [-0.05, 0) is 23.8 Å². The van der Waals surface area contributed by atoms with E-state index < -0.39 is 0 Å². The van der Waals surface area contributed by atoms with Crippen molar-refractivity contribution in [2.24, 2.45) is 0 Å². The first-order valence-electron chi connectivity index (χ1n) is 9.52. The van der Waals surface area contributed by atoms with Gasteiger partial charge < -0.3 is 15.6 Å². The number of H-pyrrole nitrogens is 1. The minimum atomic E-state index is 0.823. The van der Waals surface area contributed by atoms with Gasteiger partial charge in [0, 0.05) is 73.0 Å². The number of hydrogen-bond acceptors (Lipinski definition) is 5. The normalized spacial score (nSPS) is 14.3. The fourth-order valence-electron chi connectivity index (χ4n) is 3.73. The van der Waals surface area contributed by atoms with Crippen molar-refractivity contribution < 1.29 is 0 Å². The number of aromatic nitrogens is 3. The van der Waals surface area contributed by atoms with Gasteiger partial charge in [0.25, 0.3) is 0 Å². The molecule has 5 rings (SSSR count). The number of aromatic amines is 1. The van der Waals surface area contributed by atoms with Crippen molar-refractivity contribution in [2.45, 2.75) is 13.1 Å². The van der Waals surface area contributed by atoms with E-state index in [1.165, 1.54) is 22.0 Å². The molecule has 0 radical (unpaired) electrons. The molecule has 0 spiro atoms. The molecule has 0 saturated heterocycles. The highest BCUT2D eigenvalue weighted by molar-refractivity contribution is 5.83. The lowest BCUT2D eigenvalue weighted by atomic mass is 10.1. The van der Waals surface area contributed by atoms with Crippen molar-refractivity contribution in [3.05, 3.63) is 78.4 Å². The minimum Gasteiger partial charge on any atom is -0.383 e. The van der Waals surface area contributed by atoms with Crippen LogP contribution in [0.1, 0.15) is 11.1 Å². The molecular weight excluding hydrogens is 348 g/mol. The van der Waals surface area contributed by atoms with E-state index in [1.54, 1.807) is 12.4 Å². The Labute approximate surface area is 163 Å². The monoisotopic (exact) mass is 370 g/mol. The van der Waals surface area contributed by atoms with Crippen LogP contribution in [0.25, 0.3) is 10.9 Å². The molecule has 0 aliphatic carbocycles. The fourth-order valence-corrected chi connectivity index (χ4v) is 3.73. The first-order chi connectivity index (χ1) is 13.8. The number of hydrogen-bond donors (Lipinski definition) is 3. The van der Waals surface area contributed by atoms with E-state index in [-0.39, 0.29) is 0 Å². The van der Waals surface area contributed by atoms with Crippen molar-refractivity contribution in [1.29, 1.82) is 0 Å². The molecule has 4 heterocycles. The smallest absolute Gasteiger partial charge is 0.132 e. The molecule has 140 valence electrons. The van der Waals surface area contributed by atoms with Gasteiger partial charge >= 0.3 is 0 Å². The third-order valence-electron chi connectivity index (χ3n) is 5.13. The zero-order valence-electron chi connectivity index (χ0n) is 15.5. The van der Waals surface area contributed by atoms with E-state index in [2.05, 4.69) is 67.0 Å². The average Bonchev–Trinajstić information content (AvgIpc) is 3.02. The third kappa shape index (κ3) is 3.42. The molecular formula is C22H22N6. The molecule has 0 unspecified atom stereocenters. The quantitative estimate of drug-likeness (QED) is 0.504. The second-order valence-corrected chi connectivity index (χ2v) is 7.09. The predicted molar refractivity (Wildman–Crippen MR) is 113 cm³/mol. The second kappa shape index (κ2) is 7.32. The molecule has 1 aromatic carbocycles. The maximum atomic E-state index is 4.60. The molecule has 0 fully saturated rings. The molecule has 6 heteroatoms. The van der Waals surface area contributed by atoms with Crippen LogP contribution in [0.15, 0.2) is 67.3 Å². The first-order valence-corrected chi connectivity index (χ1v) is 9.52. The maximum absolute atomic E-state index is 4.60. The van der Waals surface area contributed by atoms with E-state index in [0.29, 0.717) is 0 Å². The Bertz CT molecular complexity index is 1090. The molecule has 28 heavy (non-hydrogen) atoms. The van der Waals surface area contributed by atoms with Crippen molar-refractivity contribution in [3.8, 4) is 0 Å². The highest BCUT2D eigenvalue weighted by Crippen LogP contribution is 2.26. The summed E-state index contributed by atoms with van der Waals surface area (Å²) in [5, 5.41) is 8.16. The summed E-state index contributed by atoms with van der Waals surface area (Å²) in [5.41, 5.74) is 5.82. The number of benzene rings is 1. The predicted octanol–water partition coefficient (Wildman–Crippen LogP) is 4.13. The van der Waals surface area contributed by atoms with Gasteiger partial charge in [0.15, 0.2) is 0 Å². The molecule has 0 bridgehead atoms. The van der Waals surface area contributed by atoms with Crippen LogP contribution >= 0.6 is 0 Å². The van der Waals surface area contributed by atoms with Gasteiger partial charge in [-0.1, -0.05) is 18.2 Å². The Morgan fingerprint density at radius 2 is 2.07 bits per heavy atom. The SMILES string of the molecule is c1cncc(Nc2cc3c(cn2)CN(Cc2c[nH]c4ccccc24)CCN3)c1. The second-order valence-electron chi connectivity index (χ2n) is 7.09. The minimum absolute atomic E-state index is 0.823. The summed E-state index contributed by atoms with van der Waals surface area (Å²) >= 11 is 0. The van der Waals surface area contributed by atoms with Gasteiger partial charge in [-0.15, -0.1) is 0 Å². The number of fused-ring (bicyclic) bond motifs is 2. The topological polar surface area (TPSA) is 68.9 Å². The van der Waals surface area contributed by atoms with Crippen molar-refractivity contribution in [1.82, 2.24) is 19.9 Å². The molecule has 0 atom stereocenters. The molecule has 4 aromatic rings. The number of para-hydroxylation sites is 1. The number of anilines is 3. The Kier molecular flexibility index (Phi) is 4.39. The molecule has 1 aliphatic rings. The lowest BCUT2D eigenvalue weighted by Crippen LogP contribution is -2.25. The number of nitrogens with one attached hydrogen (secondary N) is 3. The molecule has 3 aromatic heterocycles. The maximum Gasteiger partial charge on any atom is 0.132 e. The Hall–Kier alpha value is -3.38. The van der Waals surface area contributed by atoms with Crippen LogP contribution < -0.4 is 10.6 Å². The summed E-state index contributed by atoms with van der Waals surface area (Å²) in [6, 6.07) is 14.4. The van der Waals surface area contributed by atoms with Crippen LogP contribution in [-0.4, -0.2) is 32.9 Å². The van der Waals surface area contributed by atoms with Crippen molar-refractivity contribution in [3.63, 3.8) is 0 Å². The summed E-state index contributed by atoms with van der Waals surface area (Å²) in [4.78, 5) is 14.6. The van der Waals surface area contributed by atoms with E-state index in [0.717, 1.165) is 43.4 Å². The van der Waals surface area contributed by atoms with Gasteiger partial charge in [-0.2, -0.15) is 0 Å². The molecule has 1 aliphatic heterocycles. The summed E-state index contributed by atoms with van der Waals surface area (Å²) in [6.07, 6.45) is 7.65. The van der Waals surface area contributed by atoms with E-state index in [4.69, 9.17) is 0 Å². The summed E-state index contributed by atoms with van der Waals surface area (Å²) in [7, 11) is 0. The zero-order chi connectivity index (χ0) is 18.8. The summed E-state index contributed by atoms with van der Waals surface area (Å²) < 4.78 is 0. The largest absolute Gasteiger partial charge is 0.383 e. The average molecular weight is 370 g/mol. The number of pyridine rings is 2. The van der Waals surface area contributed by atoms with Crippen LogP contribution in [0.3, 0.4) is 0 Å². The van der Waals surface area contributed by atoms with E-state index in [1.807, 2.05) is 18.3 Å². The zero-order valence-corrected chi connectivity index (χ0v) is 15.5. The van der Waals surface area contributed by atoms with E-state index >= 15 is 0 Å². The molecule has 0 saturated carbocycles. The summed E-state index contributed by atoms with van der Waals surface area (Å²) in [5.74, 6) is 0.823. The highest BCUT2D eigenvalue weighted by atomic mass is 15.2. The number of rotatable bonds is 4. The number of nitrogens with zero attached hydrogens (tertiary/aromatic N) is 3. The molecule has 3 N–H and O–H groups in total. The van der Waals surface area contributed by atoms with Crippen LogP contribution in [0.5, 0.6) is 0 Å². The van der Waals surface area contributed by atoms with E-state index in [9.17, 15) is 0 Å².